The molecule has 0 aliphatic carbocycles. The average molecular weight is 290 g/mol. The minimum absolute atomic E-state index is 0.0230. The maximum absolute atomic E-state index is 12.1. The average Bonchev–Trinajstić information content (AvgIpc) is 2.79. The SMILES string of the molecule is CCc1noc(C)c1C(=O)Oc1ccc([N+](=O)[O-])c(C)c1. The van der Waals surface area contributed by atoms with Crippen LogP contribution < -0.4 is 4.74 Å². The maximum Gasteiger partial charge on any atom is 0.349 e. The minimum atomic E-state index is -0.584. The summed E-state index contributed by atoms with van der Waals surface area (Å²) in [5.41, 5.74) is 1.22. The van der Waals surface area contributed by atoms with Gasteiger partial charge in [-0.2, -0.15) is 0 Å². The second kappa shape index (κ2) is 5.74. The van der Waals surface area contributed by atoms with E-state index < -0.39 is 10.9 Å². The fourth-order valence-corrected chi connectivity index (χ4v) is 1.98. The van der Waals surface area contributed by atoms with E-state index in [9.17, 15) is 14.9 Å². The zero-order valence-corrected chi connectivity index (χ0v) is 11.9. The molecule has 0 saturated heterocycles. The number of nitro groups is 1. The van der Waals surface area contributed by atoms with E-state index in [0.717, 1.165) is 0 Å². The lowest BCUT2D eigenvalue weighted by Crippen LogP contribution is -2.11. The minimum Gasteiger partial charge on any atom is -0.423 e. The largest absolute Gasteiger partial charge is 0.423 e. The van der Waals surface area contributed by atoms with Gasteiger partial charge in [-0.3, -0.25) is 10.1 Å². The van der Waals surface area contributed by atoms with Crippen molar-refractivity contribution in [2.45, 2.75) is 27.2 Å². The third-order valence-corrected chi connectivity index (χ3v) is 3.05. The van der Waals surface area contributed by atoms with Crippen molar-refractivity contribution in [1.29, 1.82) is 0 Å². The first-order chi connectivity index (χ1) is 9.93. The summed E-state index contributed by atoms with van der Waals surface area (Å²) >= 11 is 0. The Labute approximate surface area is 120 Å². The molecule has 110 valence electrons. The molecule has 21 heavy (non-hydrogen) atoms. The number of carbonyl (C=O) groups excluding carboxylic acids is 1. The van der Waals surface area contributed by atoms with E-state index in [1.165, 1.54) is 18.2 Å². The van der Waals surface area contributed by atoms with Crippen molar-refractivity contribution in [2.24, 2.45) is 0 Å². The number of hydrogen-bond acceptors (Lipinski definition) is 6. The molecule has 0 saturated carbocycles. The van der Waals surface area contributed by atoms with Crippen LogP contribution in [0, 0.1) is 24.0 Å². The van der Waals surface area contributed by atoms with Gasteiger partial charge >= 0.3 is 5.97 Å². The van der Waals surface area contributed by atoms with Gasteiger partial charge < -0.3 is 9.26 Å². The lowest BCUT2D eigenvalue weighted by atomic mass is 10.1. The van der Waals surface area contributed by atoms with Gasteiger partial charge in [0.1, 0.15) is 17.1 Å². The number of rotatable bonds is 4. The third kappa shape index (κ3) is 2.91. The lowest BCUT2D eigenvalue weighted by molar-refractivity contribution is -0.385. The predicted molar refractivity (Wildman–Crippen MR) is 73.4 cm³/mol. The molecule has 1 aromatic carbocycles. The van der Waals surface area contributed by atoms with Crippen molar-refractivity contribution < 1.29 is 19.0 Å². The first-order valence-electron chi connectivity index (χ1n) is 6.36. The van der Waals surface area contributed by atoms with Crippen LogP contribution in [0.4, 0.5) is 5.69 Å². The number of hydrogen-bond donors (Lipinski definition) is 0. The zero-order valence-electron chi connectivity index (χ0n) is 11.9. The quantitative estimate of drug-likeness (QED) is 0.372. The molecule has 0 unspecified atom stereocenters. The van der Waals surface area contributed by atoms with Gasteiger partial charge in [-0.05, 0) is 32.4 Å². The molecule has 2 rings (SSSR count). The number of nitro benzene ring substituents is 1. The van der Waals surface area contributed by atoms with E-state index in [4.69, 9.17) is 9.26 Å². The summed E-state index contributed by atoms with van der Waals surface area (Å²) in [5, 5.41) is 14.5. The van der Waals surface area contributed by atoms with Crippen LogP contribution in [-0.2, 0) is 6.42 Å². The van der Waals surface area contributed by atoms with Gasteiger partial charge in [-0.1, -0.05) is 12.1 Å². The topological polar surface area (TPSA) is 95.5 Å². The molecular formula is C14H14N2O5. The summed E-state index contributed by atoms with van der Waals surface area (Å²) in [6, 6.07) is 4.14. The summed E-state index contributed by atoms with van der Waals surface area (Å²) in [6.45, 7) is 5.06. The highest BCUT2D eigenvalue weighted by Crippen LogP contribution is 2.24. The first-order valence-corrected chi connectivity index (χ1v) is 6.36. The number of aromatic nitrogens is 1. The van der Waals surface area contributed by atoms with Crippen LogP contribution in [0.5, 0.6) is 5.75 Å². The van der Waals surface area contributed by atoms with Crippen LogP contribution in [0.2, 0.25) is 0 Å². The van der Waals surface area contributed by atoms with E-state index in [2.05, 4.69) is 5.16 Å². The number of benzene rings is 1. The standard InChI is InChI=1S/C14H14N2O5/c1-4-11-13(9(3)21-15-11)14(17)20-10-5-6-12(16(18)19)8(2)7-10/h5-7H,4H2,1-3H3. The van der Waals surface area contributed by atoms with E-state index >= 15 is 0 Å². The van der Waals surface area contributed by atoms with Crippen molar-refractivity contribution in [3.05, 3.63) is 50.9 Å². The van der Waals surface area contributed by atoms with Crippen LogP contribution in [0.1, 0.15) is 34.3 Å². The van der Waals surface area contributed by atoms with Gasteiger partial charge in [-0.15, -0.1) is 0 Å². The second-order valence-electron chi connectivity index (χ2n) is 4.51. The van der Waals surface area contributed by atoms with Crippen molar-refractivity contribution in [3.63, 3.8) is 0 Å². The summed E-state index contributed by atoms with van der Waals surface area (Å²) in [5.74, 6) is 0.0417. The van der Waals surface area contributed by atoms with Crippen LogP contribution in [0.25, 0.3) is 0 Å². The van der Waals surface area contributed by atoms with E-state index in [-0.39, 0.29) is 11.4 Å². The normalized spacial score (nSPS) is 10.4. The van der Waals surface area contributed by atoms with Gasteiger partial charge in [0.25, 0.3) is 5.69 Å². The van der Waals surface area contributed by atoms with Crippen molar-refractivity contribution in [1.82, 2.24) is 5.16 Å². The number of aryl methyl sites for hydroxylation is 3. The molecule has 0 bridgehead atoms. The summed E-state index contributed by atoms with van der Waals surface area (Å²) in [7, 11) is 0. The van der Waals surface area contributed by atoms with Gasteiger partial charge in [0.05, 0.1) is 10.6 Å². The Morgan fingerprint density at radius 3 is 2.71 bits per heavy atom. The number of esters is 1. The highest BCUT2D eigenvalue weighted by Gasteiger charge is 2.22. The van der Waals surface area contributed by atoms with Crippen molar-refractivity contribution >= 4 is 11.7 Å². The summed E-state index contributed by atoms with van der Waals surface area (Å²) < 4.78 is 10.2. The van der Waals surface area contributed by atoms with Crippen LogP contribution >= 0.6 is 0 Å². The molecule has 0 fully saturated rings. The Kier molecular flexibility index (Phi) is 4.02. The van der Waals surface area contributed by atoms with Crippen LogP contribution in [0.15, 0.2) is 22.7 Å². The lowest BCUT2D eigenvalue weighted by Gasteiger charge is -2.05. The van der Waals surface area contributed by atoms with Crippen LogP contribution in [0.3, 0.4) is 0 Å². The summed E-state index contributed by atoms with van der Waals surface area (Å²) in [6.07, 6.45) is 0.543. The third-order valence-electron chi connectivity index (χ3n) is 3.05. The molecule has 1 heterocycles. The molecule has 0 spiro atoms. The molecule has 1 aromatic heterocycles. The Hall–Kier alpha value is -2.70. The maximum atomic E-state index is 12.1. The van der Waals surface area contributed by atoms with Crippen LogP contribution in [-0.4, -0.2) is 16.0 Å². The molecular weight excluding hydrogens is 276 g/mol. The Morgan fingerprint density at radius 2 is 2.14 bits per heavy atom. The molecule has 0 aliphatic rings. The fraction of sp³-hybridized carbons (Fsp3) is 0.286. The zero-order chi connectivity index (χ0) is 15.6. The van der Waals surface area contributed by atoms with Gasteiger partial charge in [0.2, 0.25) is 0 Å². The molecule has 0 aliphatic heterocycles. The molecule has 0 amide bonds. The van der Waals surface area contributed by atoms with E-state index in [1.807, 2.05) is 6.92 Å². The van der Waals surface area contributed by atoms with Crippen molar-refractivity contribution in [2.75, 3.05) is 0 Å². The molecule has 7 nitrogen and oxygen atoms in total. The van der Waals surface area contributed by atoms with E-state index in [1.54, 1.807) is 13.8 Å². The van der Waals surface area contributed by atoms with E-state index in [0.29, 0.717) is 29.0 Å². The highest BCUT2D eigenvalue weighted by atomic mass is 16.6. The second-order valence-corrected chi connectivity index (χ2v) is 4.51. The molecule has 0 atom stereocenters. The molecule has 2 aromatic rings. The fourth-order valence-electron chi connectivity index (χ4n) is 1.98. The number of ether oxygens (including phenoxy) is 1. The van der Waals surface area contributed by atoms with Gasteiger partial charge in [0.15, 0.2) is 0 Å². The Bertz CT molecular complexity index is 705. The van der Waals surface area contributed by atoms with Gasteiger partial charge in [-0.25, -0.2) is 4.79 Å². The monoisotopic (exact) mass is 290 g/mol. The smallest absolute Gasteiger partial charge is 0.349 e. The Morgan fingerprint density at radius 1 is 1.43 bits per heavy atom. The molecule has 7 heteroatoms. The molecule has 0 N–H and O–H groups in total. The first kappa shape index (κ1) is 14.7. The molecule has 0 radical (unpaired) electrons. The van der Waals surface area contributed by atoms with Gasteiger partial charge in [0, 0.05) is 11.6 Å². The number of carbonyl (C=O) groups is 1. The highest BCUT2D eigenvalue weighted by molar-refractivity contribution is 5.93. The predicted octanol–water partition coefficient (Wildman–Crippen LogP) is 2.98. The summed E-state index contributed by atoms with van der Waals surface area (Å²) in [4.78, 5) is 22.4. The van der Waals surface area contributed by atoms with Crippen molar-refractivity contribution in [3.8, 4) is 5.75 Å². The Balaban J connectivity index is 2.26. The number of nitrogens with zero attached hydrogens (tertiary/aromatic N) is 2.